The fourth-order valence-corrected chi connectivity index (χ4v) is 1.45. The molecule has 3 N–H and O–H groups in total. The Morgan fingerprint density at radius 2 is 2.26 bits per heavy atom. The Morgan fingerprint density at radius 3 is 2.89 bits per heavy atom. The molecule has 2 heterocycles. The van der Waals surface area contributed by atoms with Crippen molar-refractivity contribution in [2.24, 2.45) is 0 Å². The summed E-state index contributed by atoms with van der Waals surface area (Å²) in [6.45, 7) is 3.24. The summed E-state index contributed by atoms with van der Waals surface area (Å²) in [6, 6.07) is 3.38. The van der Waals surface area contributed by atoms with Gasteiger partial charge in [-0.05, 0) is 18.6 Å². The first-order valence-corrected chi connectivity index (χ1v) is 6.13. The highest BCUT2D eigenvalue weighted by Crippen LogP contribution is 2.02. The maximum Gasteiger partial charge on any atom is 0.272 e. The maximum absolute atomic E-state index is 11.8. The van der Waals surface area contributed by atoms with Gasteiger partial charge in [-0.25, -0.2) is 4.98 Å². The Balaban J connectivity index is 1.88. The fraction of sp³-hybridized carbons (Fsp3) is 0.333. The minimum atomic E-state index is -0.272. The standard InChI is InChI=1S/C12H16N6O/c1-2-5-13-10-4-3-9(17-18-10)12(19)16-8-11-14-6-7-15-11/h3-4,6-7H,2,5,8H2,1H3,(H,13,18)(H,14,15)(H,16,19). The molecule has 0 saturated carbocycles. The number of H-pyrrole nitrogens is 1. The molecule has 0 atom stereocenters. The van der Waals surface area contributed by atoms with E-state index in [0.717, 1.165) is 13.0 Å². The van der Waals surface area contributed by atoms with E-state index < -0.39 is 0 Å². The van der Waals surface area contributed by atoms with Gasteiger partial charge in [0.2, 0.25) is 0 Å². The molecule has 100 valence electrons. The highest BCUT2D eigenvalue weighted by molar-refractivity contribution is 5.92. The van der Waals surface area contributed by atoms with Gasteiger partial charge in [-0.1, -0.05) is 6.92 Å². The lowest BCUT2D eigenvalue weighted by molar-refractivity contribution is 0.0944. The van der Waals surface area contributed by atoms with Gasteiger partial charge in [0.1, 0.15) is 11.6 Å². The van der Waals surface area contributed by atoms with E-state index in [4.69, 9.17) is 0 Å². The topological polar surface area (TPSA) is 95.6 Å². The van der Waals surface area contributed by atoms with Crippen LogP contribution in [-0.4, -0.2) is 32.6 Å². The Labute approximate surface area is 110 Å². The number of aromatic nitrogens is 4. The molecule has 2 rings (SSSR count). The number of nitrogens with zero attached hydrogens (tertiary/aromatic N) is 3. The van der Waals surface area contributed by atoms with Gasteiger partial charge < -0.3 is 15.6 Å². The number of imidazole rings is 1. The van der Waals surface area contributed by atoms with E-state index in [9.17, 15) is 4.79 Å². The zero-order valence-corrected chi connectivity index (χ0v) is 10.7. The first kappa shape index (κ1) is 13.0. The number of hydrogen-bond acceptors (Lipinski definition) is 5. The summed E-state index contributed by atoms with van der Waals surface area (Å²) < 4.78 is 0. The Kier molecular flexibility index (Phi) is 4.44. The predicted molar refractivity (Wildman–Crippen MR) is 70.6 cm³/mol. The second-order valence-electron chi connectivity index (χ2n) is 3.95. The van der Waals surface area contributed by atoms with E-state index in [0.29, 0.717) is 18.2 Å². The Hall–Kier alpha value is -2.44. The largest absolute Gasteiger partial charge is 0.369 e. The monoisotopic (exact) mass is 260 g/mol. The molecule has 7 heteroatoms. The molecular formula is C12H16N6O. The van der Waals surface area contributed by atoms with Gasteiger partial charge >= 0.3 is 0 Å². The van der Waals surface area contributed by atoms with Crippen LogP contribution in [0.2, 0.25) is 0 Å². The van der Waals surface area contributed by atoms with Gasteiger partial charge in [0.25, 0.3) is 5.91 Å². The molecule has 0 aromatic carbocycles. The van der Waals surface area contributed by atoms with E-state index >= 15 is 0 Å². The molecule has 7 nitrogen and oxygen atoms in total. The van der Waals surface area contributed by atoms with Gasteiger partial charge in [-0.2, -0.15) is 0 Å². The van der Waals surface area contributed by atoms with Crippen molar-refractivity contribution in [1.82, 2.24) is 25.5 Å². The van der Waals surface area contributed by atoms with Gasteiger partial charge in [0, 0.05) is 18.9 Å². The van der Waals surface area contributed by atoms with Crippen molar-refractivity contribution < 1.29 is 4.79 Å². The predicted octanol–water partition coefficient (Wildman–Crippen LogP) is 0.952. The molecule has 0 unspecified atom stereocenters. The van der Waals surface area contributed by atoms with Gasteiger partial charge in [0.05, 0.1) is 6.54 Å². The quantitative estimate of drug-likeness (QED) is 0.718. The lowest BCUT2D eigenvalue weighted by Crippen LogP contribution is -2.24. The number of rotatable bonds is 6. The SMILES string of the molecule is CCCNc1ccc(C(=O)NCc2ncc[nH]2)nn1. The van der Waals surface area contributed by atoms with Crippen molar-refractivity contribution in [2.45, 2.75) is 19.9 Å². The van der Waals surface area contributed by atoms with Crippen LogP contribution >= 0.6 is 0 Å². The highest BCUT2D eigenvalue weighted by atomic mass is 16.1. The Bertz CT molecular complexity index is 508. The third-order valence-corrected chi connectivity index (χ3v) is 2.42. The van der Waals surface area contributed by atoms with Gasteiger partial charge in [0.15, 0.2) is 5.69 Å². The van der Waals surface area contributed by atoms with Crippen LogP contribution in [0.1, 0.15) is 29.7 Å². The van der Waals surface area contributed by atoms with Gasteiger partial charge in [-0.15, -0.1) is 10.2 Å². The van der Waals surface area contributed by atoms with Crippen molar-refractivity contribution >= 4 is 11.7 Å². The molecule has 1 amide bonds. The first-order chi connectivity index (χ1) is 9.29. The molecule has 0 saturated heterocycles. The Morgan fingerprint density at radius 1 is 1.37 bits per heavy atom. The molecule has 0 bridgehead atoms. The van der Waals surface area contributed by atoms with Crippen LogP contribution < -0.4 is 10.6 Å². The molecule has 2 aromatic heterocycles. The van der Waals surface area contributed by atoms with E-state index in [2.05, 4.69) is 37.7 Å². The number of nitrogens with one attached hydrogen (secondary N) is 3. The number of carbonyl (C=O) groups is 1. The highest BCUT2D eigenvalue weighted by Gasteiger charge is 2.08. The van der Waals surface area contributed by atoms with E-state index in [1.807, 2.05) is 0 Å². The third-order valence-electron chi connectivity index (χ3n) is 2.42. The summed E-state index contributed by atoms with van der Waals surface area (Å²) >= 11 is 0. The van der Waals surface area contributed by atoms with Crippen molar-refractivity contribution in [3.63, 3.8) is 0 Å². The van der Waals surface area contributed by atoms with Crippen LogP contribution in [0.5, 0.6) is 0 Å². The summed E-state index contributed by atoms with van der Waals surface area (Å²) in [5, 5.41) is 13.6. The van der Waals surface area contributed by atoms with Gasteiger partial charge in [-0.3, -0.25) is 4.79 Å². The normalized spacial score (nSPS) is 10.2. The number of anilines is 1. The van der Waals surface area contributed by atoms with Crippen molar-refractivity contribution in [3.05, 3.63) is 36.0 Å². The lowest BCUT2D eigenvalue weighted by atomic mass is 10.3. The molecule has 0 radical (unpaired) electrons. The minimum Gasteiger partial charge on any atom is -0.369 e. The van der Waals surface area contributed by atoms with Crippen LogP contribution in [0.3, 0.4) is 0 Å². The number of hydrogen-bond donors (Lipinski definition) is 3. The van der Waals surface area contributed by atoms with E-state index in [-0.39, 0.29) is 11.6 Å². The summed E-state index contributed by atoms with van der Waals surface area (Å²) in [6.07, 6.45) is 4.35. The van der Waals surface area contributed by atoms with Crippen LogP contribution in [0, 0.1) is 0 Å². The summed E-state index contributed by atoms with van der Waals surface area (Å²) in [7, 11) is 0. The van der Waals surface area contributed by atoms with E-state index in [1.165, 1.54) is 0 Å². The van der Waals surface area contributed by atoms with Crippen molar-refractivity contribution in [3.8, 4) is 0 Å². The molecule has 0 aliphatic rings. The second kappa shape index (κ2) is 6.48. The molecular weight excluding hydrogens is 244 g/mol. The van der Waals surface area contributed by atoms with Crippen LogP contribution in [0.4, 0.5) is 5.82 Å². The van der Waals surface area contributed by atoms with E-state index in [1.54, 1.807) is 24.5 Å². The minimum absolute atomic E-state index is 0.272. The average molecular weight is 260 g/mol. The summed E-state index contributed by atoms with van der Waals surface area (Å²) in [5.74, 6) is 1.10. The van der Waals surface area contributed by atoms with Crippen molar-refractivity contribution in [1.29, 1.82) is 0 Å². The number of amides is 1. The molecule has 0 aliphatic carbocycles. The maximum atomic E-state index is 11.8. The zero-order chi connectivity index (χ0) is 13.5. The van der Waals surface area contributed by atoms with Crippen LogP contribution in [0.25, 0.3) is 0 Å². The lowest BCUT2D eigenvalue weighted by Gasteiger charge is -2.04. The van der Waals surface area contributed by atoms with Crippen LogP contribution in [-0.2, 0) is 6.54 Å². The molecule has 19 heavy (non-hydrogen) atoms. The smallest absolute Gasteiger partial charge is 0.272 e. The zero-order valence-electron chi connectivity index (χ0n) is 10.7. The summed E-state index contributed by atoms with van der Waals surface area (Å²) in [4.78, 5) is 18.7. The number of aromatic amines is 1. The molecule has 0 fully saturated rings. The second-order valence-corrected chi connectivity index (χ2v) is 3.95. The summed E-state index contributed by atoms with van der Waals surface area (Å²) in [5.41, 5.74) is 0.286. The van der Waals surface area contributed by atoms with Crippen LogP contribution in [0.15, 0.2) is 24.5 Å². The first-order valence-electron chi connectivity index (χ1n) is 6.13. The molecule has 0 spiro atoms. The fourth-order valence-electron chi connectivity index (χ4n) is 1.45. The molecule has 2 aromatic rings. The number of carbonyl (C=O) groups excluding carboxylic acids is 1. The average Bonchev–Trinajstić information content (AvgIpc) is 2.96. The third kappa shape index (κ3) is 3.77. The van der Waals surface area contributed by atoms with Crippen molar-refractivity contribution in [2.75, 3.05) is 11.9 Å². The molecule has 0 aliphatic heterocycles.